The first-order valence-corrected chi connectivity index (χ1v) is 10.4. The van der Waals surface area contributed by atoms with Crippen LogP contribution in [0.5, 0.6) is 0 Å². The van der Waals surface area contributed by atoms with Gasteiger partial charge in [-0.1, -0.05) is 30.3 Å². The van der Waals surface area contributed by atoms with Crippen molar-refractivity contribution in [1.82, 2.24) is 24.8 Å². The van der Waals surface area contributed by atoms with Gasteiger partial charge in [-0.3, -0.25) is 4.57 Å². The van der Waals surface area contributed by atoms with Gasteiger partial charge in [0.1, 0.15) is 42.8 Å². The molecule has 3 aromatic rings. The molecule has 1 saturated heterocycles. The van der Waals surface area contributed by atoms with Crippen LogP contribution in [0.1, 0.15) is 17.5 Å². The third-order valence-electron chi connectivity index (χ3n) is 5.43. The number of aromatic nitrogens is 4. The fraction of sp³-hybridized carbons (Fsp3) is 0.381. The summed E-state index contributed by atoms with van der Waals surface area (Å²) in [6, 6.07) is 7.57. The number of hydrogen-bond donors (Lipinski definition) is 5. The lowest BCUT2D eigenvalue weighted by Crippen LogP contribution is -2.42. The highest BCUT2D eigenvalue weighted by Gasteiger charge is 2.44. The second kappa shape index (κ2) is 10.1. The number of aliphatic hydroxyl groups excluding tert-OH is 3. The highest BCUT2D eigenvalue weighted by molar-refractivity contribution is 5.81. The first kappa shape index (κ1) is 23.5. The number of amides is 1. The van der Waals surface area contributed by atoms with Crippen molar-refractivity contribution in [3.8, 4) is 0 Å². The van der Waals surface area contributed by atoms with Crippen LogP contribution in [0.15, 0.2) is 43.0 Å². The number of ether oxygens (including phenoxy) is 2. The third kappa shape index (κ3) is 4.82. The lowest BCUT2D eigenvalue weighted by Gasteiger charge is -2.17. The minimum atomic E-state index is -1.36. The van der Waals surface area contributed by atoms with Crippen molar-refractivity contribution < 1.29 is 39.5 Å². The van der Waals surface area contributed by atoms with Crippen LogP contribution in [0.2, 0.25) is 0 Å². The van der Waals surface area contributed by atoms with Crippen LogP contribution in [0.4, 0.5) is 4.79 Å². The van der Waals surface area contributed by atoms with E-state index in [1.807, 2.05) is 6.07 Å². The first-order chi connectivity index (χ1) is 16.4. The number of carbonyl (C=O) groups excluding carboxylic acids is 1. The minimum absolute atomic E-state index is 0.0223. The molecule has 1 aliphatic heterocycles. The van der Waals surface area contributed by atoms with Crippen molar-refractivity contribution in [1.29, 1.82) is 0 Å². The molecule has 2 aromatic heterocycles. The fourth-order valence-corrected chi connectivity index (χ4v) is 3.65. The van der Waals surface area contributed by atoms with E-state index in [0.29, 0.717) is 0 Å². The monoisotopic (exact) mass is 473 g/mol. The molecular weight excluding hydrogens is 450 g/mol. The number of imidazole rings is 1. The zero-order valence-corrected chi connectivity index (χ0v) is 17.8. The van der Waals surface area contributed by atoms with Gasteiger partial charge >= 0.3 is 12.1 Å². The van der Waals surface area contributed by atoms with E-state index < -0.39 is 49.3 Å². The van der Waals surface area contributed by atoms with Gasteiger partial charge in [0.15, 0.2) is 11.9 Å². The number of nitrogens with one attached hydrogen (secondary N) is 1. The Morgan fingerprint density at radius 2 is 1.91 bits per heavy atom. The highest BCUT2D eigenvalue weighted by Crippen LogP contribution is 2.31. The second-order valence-electron chi connectivity index (χ2n) is 7.67. The van der Waals surface area contributed by atoms with E-state index in [1.54, 1.807) is 24.3 Å². The highest BCUT2D eigenvalue weighted by atomic mass is 16.6. The van der Waals surface area contributed by atoms with Gasteiger partial charge in [0.25, 0.3) is 0 Å². The molecule has 3 heterocycles. The maximum absolute atomic E-state index is 12.2. The molecule has 13 nitrogen and oxygen atoms in total. The molecule has 4 rings (SSSR count). The smallest absolute Gasteiger partial charge is 0.408 e. The SMILES string of the molecule is O=C(NC(Cc1ncnc2c1ncn2[C@@H]1O[C@H](CO)[C@@H](O)[C@H]1O)C(=O)O)OCc1ccccc1. The van der Waals surface area contributed by atoms with Crippen LogP contribution in [0, 0.1) is 0 Å². The van der Waals surface area contributed by atoms with Gasteiger partial charge < -0.3 is 35.2 Å². The Hall–Kier alpha value is -3.65. The number of aliphatic carboxylic acids is 1. The largest absolute Gasteiger partial charge is 0.480 e. The Balaban J connectivity index is 1.49. The van der Waals surface area contributed by atoms with Gasteiger partial charge in [-0.15, -0.1) is 0 Å². The molecule has 1 aliphatic rings. The number of carboxylic acid groups (broad SMARTS) is 1. The molecule has 13 heteroatoms. The van der Waals surface area contributed by atoms with E-state index in [9.17, 15) is 30.0 Å². The maximum Gasteiger partial charge on any atom is 0.408 e. The summed E-state index contributed by atoms with van der Waals surface area (Å²) in [4.78, 5) is 36.4. The van der Waals surface area contributed by atoms with Crippen LogP contribution in [0.25, 0.3) is 11.2 Å². The number of alkyl carbamates (subject to hydrolysis) is 1. The van der Waals surface area contributed by atoms with Crippen LogP contribution >= 0.6 is 0 Å². The van der Waals surface area contributed by atoms with Gasteiger partial charge in [0, 0.05) is 6.42 Å². The molecule has 1 fully saturated rings. The summed E-state index contributed by atoms with van der Waals surface area (Å²) in [5.41, 5.74) is 1.42. The van der Waals surface area contributed by atoms with E-state index in [-0.39, 0.29) is 29.9 Å². The zero-order chi connectivity index (χ0) is 24.2. The molecular formula is C21H23N5O8. The molecule has 34 heavy (non-hydrogen) atoms. The number of rotatable bonds is 8. The van der Waals surface area contributed by atoms with Crippen LogP contribution < -0.4 is 5.32 Å². The summed E-state index contributed by atoms with van der Waals surface area (Å²) < 4.78 is 12.0. The molecule has 180 valence electrons. The summed E-state index contributed by atoms with van der Waals surface area (Å²) >= 11 is 0. The summed E-state index contributed by atoms with van der Waals surface area (Å²) in [7, 11) is 0. The number of fused-ring (bicyclic) bond motifs is 1. The van der Waals surface area contributed by atoms with Gasteiger partial charge in [0.2, 0.25) is 0 Å². The van der Waals surface area contributed by atoms with E-state index in [0.717, 1.165) is 5.56 Å². The zero-order valence-electron chi connectivity index (χ0n) is 17.8. The average Bonchev–Trinajstić information content (AvgIpc) is 3.39. The molecule has 0 radical (unpaired) electrons. The number of benzene rings is 1. The summed E-state index contributed by atoms with van der Waals surface area (Å²) in [5, 5.41) is 41.5. The molecule has 0 saturated carbocycles. The minimum Gasteiger partial charge on any atom is -0.480 e. The van der Waals surface area contributed by atoms with Crippen molar-refractivity contribution >= 4 is 23.2 Å². The van der Waals surface area contributed by atoms with E-state index in [4.69, 9.17) is 9.47 Å². The fourth-order valence-electron chi connectivity index (χ4n) is 3.65. The van der Waals surface area contributed by atoms with E-state index in [1.165, 1.54) is 17.2 Å². The maximum atomic E-state index is 12.2. The van der Waals surface area contributed by atoms with E-state index in [2.05, 4.69) is 20.3 Å². The molecule has 0 spiro atoms. The molecule has 5 atom stereocenters. The van der Waals surface area contributed by atoms with Gasteiger partial charge in [-0.05, 0) is 5.56 Å². The first-order valence-electron chi connectivity index (χ1n) is 10.4. The summed E-state index contributed by atoms with van der Waals surface area (Å²) in [5.74, 6) is -1.30. The van der Waals surface area contributed by atoms with Crippen molar-refractivity contribution in [3.63, 3.8) is 0 Å². The van der Waals surface area contributed by atoms with Gasteiger partial charge in [-0.2, -0.15) is 0 Å². The molecule has 5 N–H and O–H groups in total. The predicted molar refractivity (Wildman–Crippen MR) is 113 cm³/mol. The normalized spacial score (nSPS) is 23.0. The second-order valence-corrected chi connectivity index (χ2v) is 7.67. The Kier molecular flexibility index (Phi) is 6.98. The summed E-state index contributed by atoms with van der Waals surface area (Å²) in [6.07, 6.45) is -3.34. The van der Waals surface area contributed by atoms with Crippen LogP contribution in [-0.2, 0) is 27.3 Å². The molecule has 1 unspecified atom stereocenters. The topological polar surface area (TPSA) is 189 Å². The Morgan fingerprint density at radius 3 is 2.59 bits per heavy atom. The number of nitrogens with zero attached hydrogens (tertiary/aromatic N) is 4. The molecule has 1 amide bonds. The number of hydrogen-bond acceptors (Lipinski definition) is 10. The van der Waals surface area contributed by atoms with Crippen molar-refractivity contribution in [2.75, 3.05) is 6.61 Å². The summed E-state index contributed by atoms with van der Waals surface area (Å²) in [6.45, 7) is -0.514. The standard InChI is InChI=1S/C21H23N5O8/c27-7-14-16(28)17(29)19(34-14)26-10-24-15-12(22-9-23-18(15)26)6-13(20(30)31)25-21(32)33-8-11-4-2-1-3-5-11/h1-5,9-10,13-14,16-17,19,27-29H,6-8H2,(H,25,32)(H,30,31)/t13?,14-,16-,17-,19-/m1/s1. The average molecular weight is 473 g/mol. The van der Waals surface area contributed by atoms with Crippen molar-refractivity contribution in [2.24, 2.45) is 0 Å². The Morgan fingerprint density at radius 1 is 1.15 bits per heavy atom. The Bertz CT molecular complexity index is 1160. The molecule has 0 aliphatic carbocycles. The lowest BCUT2D eigenvalue weighted by atomic mass is 10.1. The Labute approximate surface area is 192 Å². The number of carboxylic acids is 1. The van der Waals surface area contributed by atoms with Crippen molar-refractivity contribution in [3.05, 3.63) is 54.2 Å². The number of aliphatic hydroxyl groups is 3. The van der Waals surface area contributed by atoms with Gasteiger partial charge in [0.05, 0.1) is 18.6 Å². The van der Waals surface area contributed by atoms with Crippen molar-refractivity contribution in [2.45, 2.75) is 43.6 Å². The molecule has 0 bridgehead atoms. The van der Waals surface area contributed by atoms with E-state index >= 15 is 0 Å². The lowest BCUT2D eigenvalue weighted by molar-refractivity contribution is -0.139. The quantitative estimate of drug-likeness (QED) is 0.280. The van der Waals surface area contributed by atoms with Gasteiger partial charge in [-0.25, -0.2) is 24.5 Å². The number of carbonyl (C=O) groups is 2. The van der Waals surface area contributed by atoms with Crippen LogP contribution in [0.3, 0.4) is 0 Å². The third-order valence-corrected chi connectivity index (χ3v) is 5.43. The van der Waals surface area contributed by atoms with Crippen LogP contribution in [-0.4, -0.2) is 83.0 Å². The predicted octanol–water partition coefficient (Wildman–Crippen LogP) is -0.640. The molecule has 1 aromatic carbocycles.